The number of anilines is 1. The zero-order valence-electron chi connectivity index (χ0n) is 9.94. The molecule has 1 heterocycles. The Labute approximate surface area is 109 Å². The van der Waals surface area contributed by atoms with Gasteiger partial charge in [-0.3, -0.25) is 0 Å². The fraction of sp³-hybridized carbons (Fsp3) is 0.231. The second-order valence-electron chi connectivity index (χ2n) is 3.82. The van der Waals surface area contributed by atoms with Crippen molar-refractivity contribution in [2.24, 2.45) is 0 Å². The third-order valence-electron chi connectivity index (χ3n) is 2.42. The highest BCUT2D eigenvalue weighted by atomic mass is 32.2. The first-order valence-corrected chi connectivity index (χ1v) is 6.87. The van der Waals surface area contributed by atoms with Gasteiger partial charge in [-0.2, -0.15) is 11.8 Å². The lowest BCUT2D eigenvalue weighted by Gasteiger charge is -2.05. The lowest BCUT2D eigenvalue weighted by molar-refractivity contribution is 0.432. The van der Waals surface area contributed by atoms with Crippen molar-refractivity contribution < 1.29 is 13.9 Å². The first kappa shape index (κ1) is 12.8. The van der Waals surface area contributed by atoms with Crippen molar-refractivity contribution in [1.29, 1.82) is 0 Å². The molecule has 0 fully saturated rings. The second kappa shape index (κ2) is 5.82. The molecule has 5 heteroatoms. The summed E-state index contributed by atoms with van der Waals surface area (Å²) in [4.78, 5) is 0. The van der Waals surface area contributed by atoms with Gasteiger partial charge in [-0.15, -0.1) is 0 Å². The van der Waals surface area contributed by atoms with Crippen molar-refractivity contribution in [3.05, 3.63) is 47.7 Å². The summed E-state index contributed by atoms with van der Waals surface area (Å²) in [5.74, 6) is 1.58. The molecule has 0 radical (unpaired) electrons. The highest BCUT2D eigenvalue weighted by molar-refractivity contribution is 7.97. The molecule has 0 bridgehead atoms. The van der Waals surface area contributed by atoms with E-state index in [4.69, 9.17) is 9.52 Å². The number of nitrogens with one attached hydrogen (secondary N) is 1. The molecule has 0 saturated carbocycles. The molecule has 2 aromatic rings. The number of phenolic OH excluding ortho intramolecular Hbond substituents is 1. The quantitative estimate of drug-likeness (QED) is 0.812. The Morgan fingerprint density at radius 2 is 2.06 bits per heavy atom. The highest BCUT2D eigenvalue weighted by Crippen LogP contribution is 2.20. The molecule has 0 unspecified atom stereocenters. The normalized spacial score (nSPS) is 10.6. The molecule has 2 N–H and O–H groups in total. The number of phenols is 1. The minimum absolute atomic E-state index is 0.346. The third kappa shape index (κ3) is 3.20. The second-order valence-corrected chi connectivity index (χ2v) is 4.69. The van der Waals surface area contributed by atoms with Crippen LogP contribution < -0.4 is 5.32 Å². The third-order valence-corrected chi connectivity index (χ3v) is 2.99. The van der Waals surface area contributed by atoms with Crippen LogP contribution >= 0.6 is 11.8 Å². The Bertz CT molecular complexity index is 527. The van der Waals surface area contributed by atoms with Crippen LogP contribution in [0, 0.1) is 5.82 Å². The van der Waals surface area contributed by atoms with Crippen LogP contribution in [0.5, 0.6) is 5.75 Å². The van der Waals surface area contributed by atoms with Crippen LogP contribution in [-0.4, -0.2) is 11.4 Å². The van der Waals surface area contributed by atoms with Crippen molar-refractivity contribution >= 4 is 17.4 Å². The molecule has 2 rings (SSSR count). The van der Waals surface area contributed by atoms with E-state index in [9.17, 15) is 4.39 Å². The largest absolute Gasteiger partial charge is 0.505 e. The van der Waals surface area contributed by atoms with Crippen LogP contribution in [0.15, 0.2) is 34.7 Å². The zero-order valence-corrected chi connectivity index (χ0v) is 10.8. The number of rotatable bonds is 5. The van der Waals surface area contributed by atoms with Gasteiger partial charge in [0.1, 0.15) is 11.5 Å². The average molecular weight is 267 g/mol. The van der Waals surface area contributed by atoms with Gasteiger partial charge in [-0.1, -0.05) is 0 Å². The van der Waals surface area contributed by atoms with Gasteiger partial charge in [0.15, 0.2) is 11.6 Å². The van der Waals surface area contributed by atoms with E-state index in [1.54, 1.807) is 17.8 Å². The van der Waals surface area contributed by atoms with Gasteiger partial charge in [-0.05, 0) is 30.5 Å². The van der Waals surface area contributed by atoms with E-state index in [-0.39, 0.29) is 5.75 Å². The van der Waals surface area contributed by atoms with Gasteiger partial charge in [0.25, 0.3) is 0 Å². The maximum absolute atomic E-state index is 13.1. The molecule has 1 aromatic heterocycles. The van der Waals surface area contributed by atoms with Gasteiger partial charge in [0.05, 0.1) is 12.3 Å². The van der Waals surface area contributed by atoms with Gasteiger partial charge in [0, 0.05) is 11.8 Å². The monoisotopic (exact) mass is 267 g/mol. The summed E-state index contributed by atoms with van der Waals surface area (Å²) in [6, 6.07) is 8.02. The smallest absolute Gasteiger partial charge is 0.166 e. The van der Waals surface area contributed by atoms with E-state index < -0.39 is 5.82 Å². The van der Waals surface area contributed by atoms with Gasteiger partial charge in [0.2, 0.25) is 0 Å². The Morgan fingerprint density at radius 1 is 1.28 bits per heavy atom. The van der Waals surface area contributed by atoms with Crippen molar-refractivity contribution in [2.75, 3.05) is 11.6 Å². The highest BCUT2D eigenvalue weighted by Gasteiger charge is 2.04. The predicted octanol–water partition coefficient (Wildman–Crippen LogP) is 3.60. The molecule has 18 heavy (non-hydrogen) atoms. The molecule has 3 nitrogen and oxygen atoms in total. The Kier molecular flexibility index (Phi) is 4.15. The number of halogens is 1. The molecular weight excluding hydrogens is 253 g/mol. The van der Waals surface area contributed by atoms with Crippen molar-refractivity contribution in [3.63, 3.8) is 0 Å². The van der Waals surface area contributed by atoms with Crippen LogP contribution in [0.2, 0.25) is 0 Å². The lowest BCUT2D eigenvalue weighted by atomic mass is 10.3. The Balaban J connectivity index is 1.95. The van der Waals surface area contributed by atoms with E-state index in [1.807, 2.05) is 18.4 Å². The van der Waals surface area contributed by atoms with E-state index in [0.29, 0.717) is 12.2 Å². The van der Waals surface area contributed by atoms with Crippen molar-refractivity contribution in [3.8, 4) is 5.75 Å². The number of thioether (sulfide) groups is 1. The Morgan fingerprint density at radius 3 is 2.78 bits per heavy atom. The van der Waals surface area contributed by atoms with E-state index in [2.05, 4.69) is 5.32 Å². The van der Waals surface area contributed by atoms with Crippen molar-refractivity contribution in [1.82, 2.24) is 0 Å². The summed E-state index contributed by atoms with van der Waals surface area (Å²) in [7, 11) is 0. The summed E-state index contributed by atoms with van der Waals surface area (Å²) in [6.45, 7) is 0.485. The maximum Gasteiger partial charge on any atom is 0.166 e. The number of hydrogen-bond acceptors (Lipinski definition) is 4. The minimum Gasteiger partial charge on any atom is -0.505 e. The fourth-order valence-electron chi connectivity index (χ4n) is 1.54. The molecule has 0 saturated heterocycles. The fourth-order valence-corrected chi connectivity index (χ4v) is 1.98. The number of hydrogen-bond donors (Lipinski definition) is 2. The van der Waals surface area contributed by atoms with Crippen LogP contribution in [0.25, 0.3) is 0 Å². The van der Waals surface area contributed by atoms with E-state index in [0.717, 1.165) is 17.3 Å². The van der Waals surface area contributed by atoms with Gasteiger partial charge >= 0.3 is 0 Å². The summed E-state index contributed by atoms with van der Waals surface area (Å²) >= 11 is 1.69. The molecule has 0 amide bonds. The summed E-state index contributed by atoms with van der Waals surface area (Å²) < 4.78 is 18.7. The standard InChI is InChI=1S/C13H14FNO2S/c1-18-8-11-4-3-10(17-11)7-15-9-2-5-13(16)12(14)6-9/h2-6,15-16H,7-8H2,1H3. The first-order chi connectivity index (χ1) is 8.69. The molecule has 1 aromatic carbocycles. The summed E-state index contributed by atoms with van der Waals surface area (Å²) in [6.07, 6.45) is 2.01. The molecule has 0 aliphatic rings. The SMILES string of the molecule is CSCc1ccc(CNc2ccc(O)c(F)c2)o1. The van der Waals surface area contributed by atoms with Crippen LogP contribution in [-0.2, 0) is 12.3 Å². The molecular formula is C13H14FNO2S. The average Bonchev–Trinajstić information content (AvgIpc) is 2.79. The van der Waals surface area contributed by atoms with Crippen molar-refractivity contribution in [2.45, 2.75) is 12.3 Å². The van der Waals surface area contributed by atoms with Crippen LogP contribution in [0.1, 0.15) is 11.5 Å². The number of furan rings is 1. The summed E-state index contributed by atoms with van der Waals surface area (Å²) in [5.41, 5.74) is 0.605. The molecule has 0 aliphatic heterocycles. The predicted molar refractivity (Wildman–Crippen MR) is 71.3 cm³/mol. The minimum atomic E-state index is -0.637. The lowest BCUT2D eigenvalue weighted by Crippen LogP contribution is -1.98. The molecule has 0 aliphatic carbocycles. The molecule has 0 spiro atoms. The van der Waals surface area contributed by atoms with Gasteiger partial charge in [-0.25, -0.2) is 4.39 Å². The topological polar surface area (TPSA) is 45.4 Å². The Hall–Kier alpha value is -1.62. The maximum atomic E-state index is 13.1. The first-order valence-electron chi connectivity index (χ1n) is 5.48. The number of aromatic hydroxyl groups is 1. The number of benzene rings is 1. The van der Waals surface area contributed by atoms with Gasteiger partial charge < -0.3 is 14.8 Å². The summed E-state index contributed by atoms with van der Waals surface area (Å²) in [5, 5.41) is 12.1. The van der Waals surface area contributed by atoms with E-state index in [1.165, 1.54) is 12.1 Å². The molecule has 96 valence electrons. The van der Waals surface area contributed by atoms with Crippen LogP contribution in [0.4, 0.5) is 10.1 Å². The molecule has 0 atom stereocenters. The van der Waals surface area contributed by atoms with E-state index >= 15 is 0 Å². The van der Waals surface area contributed by atoms with Crippen LogP contribution in [0.3, 0.4) is 0 Å². The zero-order chi connectivity index (χ0) is 13.0.